The predicted octanol–water partition coefficient (Wildman–Crippen LogP) is 5.46. The molecule has 162 valence electrons. The summed E-state index contributed by atoms with van der Waals surface area (Å²) in [5.74, 6) is 0.625. The van der Waals surface area contributed by atoms with Gasteiger partial charge in [0.15, 0.2) is 11.5 Å². The van der Waals surface area contributed by atoms with Gasteiger partial charge in [0.05, 0.1) is 5.69 Å². The largest absolute Gasteiger partial charge is 0.323 e. The van der Waals surface area contributed by atoms with Crippen molar-refractivity contribution in [2.24, 2.45) is 0 Å². The molecule has 0 atom stereocenters. The smallest absolute Gasteiger partial charge is 0.308 e. The number of aromatic nitrogens is 5. The van der Waals surface area contributed by atoms with Crippen molar-refractivity contribution in [3.8, 4) is 22.6 Å². The molecule has 0 unspecified atom stereocenters. The van der Waals surface area contributed by atoms with Crippen LogP contribution in [0, 0.1) is 6.92 Å². The zero-order valence-corrected chi connectivity index (χ0v) is 18.3. The number of anilines is 2. The summed E-state index contributed by atoms with van der Waals surface area (Å²) in [4.78, 5) is 16.5. The van der Waals surface area contributed by atoms with Crippen molar-refractivity contribution in [3.63, 3.8) is 0 Å². The Morgan fingerprint density at radius 2 is 1.67 bits per heavy atom. The molecule has 0 aliphatic rings. The molecule has 0 bridgehead atoms. The van der Waals surface area contributed by atoms with E-state index in [1.165, 1.54) is 0 Å². The average Bonchev–Trinajstić information content (AvgIpc) is 3.25. The number of aryl methyl sites for hydroxylation is 1. The lowest BCUT2D eigenvalue weighted by Crippen LogP contribution is -2.19. The van der Waals surface area contributed by atoms with Crippen molar-refractivity contribution in [2.75, 3.05) is 10.6 Å². The Morgan fingerprint density at radius 3 is 2.45 bits per heavy atom. The second kappa shape index (κ2) is 8.68. The average molecular weight is 456 g/mol. The molecular formula is C24H18ClN7O. The first-order valence-electron chi connectivity index (χ1n) is 10.1. The van der Waals surface area contributed by atoms with Crippen molar-refractivity contribution >= 4 is 34.7 Å². The van der Waals surface area contributed by atoms with Gasteiger partial charge in [-0.2, -0.15) is 9.61 Å². The summed E-state index contributed by atoms with van der Waals surface area (Å²) in [5, 5.41) is 19.4. The Morgan fingerprint density at radius 1 is 0.879 bits per heavy atom. The number of amides is 2. The molecule has 2 aromatic carbocycles. The third-order valence-electron chi connectivity index (χ3n) is 5.05. The van der Waals surface area contributed by atoms with E-state index in [0.29, 0.717) is 33.6 Å². The number of rotatable bonds is 4. The van der Waals surface area contributed by atoms with E-state index in [-0.39, 0.29) is 6.03 Å². The third-order valence-corrected chi connectivity index (χ3v) is 5.45. The number of pyridine rings is 1. The van der Waals surface area contributed by atoms with Gasteiger partial charge in [0, 0.05) is 39.9 Å². The van der Waals surface area contributed by atoms with E-state index in [2.05, 4.69) is 25.8 Å². The summed E-state index contributed by atoms with van der Waals surface area (Å²) in [6, 6.07) is 19.9. The Kier molecular flexibility index (Phi) is 5.42. The number of halogens is 1. The quantitative estimate of drug-likeness (QED) is 0.375. The zero-order valence-electron chi connectivity index (χ0n) is 17.5. The number of urea groups is 1. The molecule has 3 aromatic heterocycles. The molecule has 5 aromatic rings. The molecule has 0 fully saturated rings. The molecular weight excluding hydrogens is 438 g/mol. The minimum Gasteiger partial charge on any atom is -0.308 e. The molecule has 0 radical (unpaired) electrons. The molecule has 8 nitrogen and oxygen atoms in total. The van der Waals surface area contributed by atoms with Crippen LogP contribution in [-0.4, -0.2) is 30.8 Å². The van der Waals surface area contributed by atoms with Gasteiger partial charge in [0.1, 0.15) is 0 Å². The van der Waals surface area contributed by atoms with Crippen LogP contribution in [-0.2, 0) is 0 Å². The normalized spacial score (nSPS) is 10.8. The number of hydrogen-bond acceptors (Lipinski definition) is 5. The lowest BCUT2D eigenvalue weighted by molar-refractivity contribution is 0.262. The maximum atomic E-state index is 12.5. The number of nitrogens with zero attached hydrogens (tertiary/aromatic N) is 5. The molecule has 0 aliphatic carbocycles. The molecule has 9 heteroatoms. The topological polar surface area (TPSA) is 97.1 Å². The highest BCUT2D eigenvalue weighted by atomic mass is 35.5. The summed E-state index contributed by atoms with van der Waals surface area (Å²) < 4.78 is 1.69. The van der Waals surface area contributed by atoms with Gasteiger partial charge in [-0.05, 0) is 61.0 Å². The van der Waals surface area contributed by atoms with E-state index in [0.717, 1.165) is 16.7 Å². The number of hydrogen-bond donors (Lipinski definition) is 2. The van der Waals surface area contributed by atoms with Crippen LogP contribution < -0.4 is 10.6 Å². The lowest BCUT2D eigenvalue weighted by atomic mass is 10.1. The summed E-state index contributed by atoms with van der Waals surface area (Å²) in [5.41, 5.74) is 5.24. The van der Waals surface area contributed by atoms with Gasteiger partial charge in [-0.25, -0.2) is 4.79 Å². The Bertz CT molecular complexity index is 1470. The fourth-order valence-corrected chi connectivity index (χ4v) is 3.52. The first kappa shape index (κ1) is 20.6. The molecule has 0 saturated heterocycles. The van der Waals surface area contributed by atoms with Gasteiger partial charge in [-0.1, -0.05) is 29.8 Å². The fourth-order valence-electron chi connectivity index (χ4n) is 3.34. The zero-order chi connectivity index (χ0) is 22.8. The molecule has 2 amide bonds. The molecule has 2 N–H and O–H groups in total. The summed E-state index contributed by atoms with van der Waals surface area (Å²) in [6.07, 6.45) is 3.40. The minimum absolute atomic E-state index is 0.366. The van der Waals surface area contributed by atoms with E-state index < -0.39 is 0 Å². The first-order chi connectivity index (χ1) is 16.1. The lowest BCUT2D eigenvalue weighted by Gasteiger charge is -2.10. The van der Waals surface area contributed by atoms with Crippen LogP contribution in [0.2, 0.25) is 5.02 Å². The van der Waals surface area contributed by atoms with Crippen LogP contribution in [0.4, 0.5) is 16.2 Å². The van der Waals surface area contributed by atoms with Crippen molar-refractivity contribution in [1.82, 2.24) is 24.8 Å². The Balaban J connectivity index is 1.39. The molecule has 5 rings (SSSR count). The highest BCUT2D eigenvalue weighted by Crippen LogP contribution is 2.24. The van der Waals surface area contributed by atoms with Gasteiger partial charge in [0.25, 0.3) is 0 Å². The van der Waals surface area contributed by atoms with Crippen LogP contribution in [0.3, 0.4) is 0 Å². The second-order valence-corrected chi connectivity index (χ2v) is 7.78. The van der Waals surface area contributed by atoms with Crippen molar-refractivity contribution < 1.29 is 4.79 Å². The van der Waals surface area contributed by atoms with E-state index in [4.69, 9.17) is 16.7 Å². The van der Waals surface area contributed by atoms with Crippen molar-refractivity contribution in [2.45, 2.75) is 6.92 Å². The van der Waals surface area contributed by atoms with Crippen LogP contribution >= 0.6 is 11.6 Å². The number of carbonyl (C=O) groups is 1. The molecule has 33 heavy (non-hydrogen) atoms. The Hall–Kier alpha value is -4.30. The number of benzene rings is 2. The van der Waals surface area contributed by atoms with Gasteiger partial charge in [0.2, 0.25) is 0 Å². The maximum absolute atomic E-state index is 12.5. The van der Waals surface area contributed by atoms with Crippen molar-refractivity contribution in [1.29, 1.82) is 0 Å². The maximum Gasteiger partial charge on any atom is 0.323 e. The van der Waals surface area contributed by atoms with Gasteiger partial charge in [-0.15, -0.1) is 10.2 Å². The molecule has 0 aliphatic heterocycles. The SMILES string of the molecule is Cc1ccc(NC(=O)Nc2cccc(-c3ccc4nnc(-c5ccncc5)n4n3)c2)cc1Cl. The number of carbonyl (C=O) groups excluding carboxylic acids is 1. The van der Waals surface area contributed by atoms with Gasteiger partial charge in [-0.3, -0.25) is 4.98 Å². The van der Waals surface area contributed by atoms with Gasteiger partial charge < -0.3 is 10.6 Å². The highest BCUT2D eigenvalue weighted by molar-refractivity contribution is 6.31. The first-order valence-corrected chi connectivity index (χ1v) is 10.5. The Labute approximate surface area is 194 Å². The number of fused-ring (bicyclic) bond motifs is 1. The van der Waals surface area contributed by atoms with E-state index in [1.807, 2.05) is 61.5 Å². The fraction of sp³-hybridized carbons (Fsp3) is 0.0417. The van der Waals surface area contributed by atoms with Crippen LogP contribution in [0.5, 0.6) is 0 Å². The van der Waals surface area contributed by atoms with Crippen LogP contribution in [0.15, 0.2) is 79.1 Å². The molecule has 3 heterocycles. The summed E-state index contributed by atoms with van der Waals surface area (Å²) >= 11 is 6.14. The molecule has 0 spiro atoms. The highest BCUT2D eigenvalue weighted by Gasteiger charge is 2.11. The summed E-state index contributed by atoms with van der Waals surface area (Å²) in [6.45, 7) is 1.91. The predicted molar refractivity (Wildman–Crippen MR) is 128 cm³/mol. The van der Waals surface area contributed by atoms with Crippen molar-refractivity contribution in [3.05, 3.63) is 89.7 Å². The van der Waals surface area contributed by atoms with Crippen LogP contribution in [0.25, 0.3) is 28.3 Å². The number of nitrogens with one attached hydrogen (secondary N) is 2. The van der Waals surface area contributed by atoms with E-state index >= 15 is 0 Å². The second-order valence-electron chi connectivity index (χ2n) is 7.37. The molecule has 0 saturated carbocycles. The van der Waals surface area contributed by atoms with Crippen LogP contribution in [0.1, 0.15) is 5.56 Å². The monoisotopic (exact) mass is 455 g/mol. The third kappa shape index (κ3) is 4.37. The summed E-state index contributed by atoms with van der Waals surface area (Å²) in [7, 11) is 0. The minimum atomic E-state index is -0.366. The van der Waals surface area contributed by atoms with E-state index in [9.17, 15) is 4.79 Å². The van der Waals surface area contributed by atoms with Gasteiger partial charge >= 0.3 is 6.03 Å². The standard InChI is InChI=1S/C24H18ClN7O/c1-15-5-6-19(14-20(15)25)28-24(33)27-18-4-2-3-17(13-18)21-7-8-22-29-30-23(32(22)31-21)16-9-11-26-12-10-16/h2-14H,1H3,(H2,27,28,33). The van der Waals surface area contributed by atoms with E-state index in [1.54, 1.807) is 29.0 Å².